The van der Waals surface area contributed by atoms with Gasteiger partial charge in [0.25, 0.3) is 0 Å². The van der Waals surface area contributed by atoms with Crippen LogP contribution >= 0.6 is 0 Å². The summed E-state index contributed by atoms with van der Waals surface area (Å²) in [6.07, 6.45) is 5.22. The Bertz CT molecular complexity index is 1220. The Labute approximate surface area is 204 Å². The molecular formula is C30H22O5. The smallest absolute Gasteiger partial charge is 0.143 e. The Hall–Kier alpha value is -4.84. The van der Waals surface area contributed by atoms with E-state index in [1.54, 1.807) is 24.3 Å². The molecule has 0 radical (unpaired) electrons. The third-order valence-electron chi connectivity index (χ3n) is 4.40. The maximum Gasteiger partial charge on any atom is 0.143 e. The first-order valence-corrected chi connectivity index (χ1v) is 10.9. The largest absolute Gasteiger partial charge is 0.457 e. The second kappa shape index (κ2) is 13.0. The number of hydrogen-bond acceptors (Lipinski definition) is 5. The summed E-state index contributed by atoms with van der Waals surface area (Å²) in [4.78, 5) is 0. The zero-order valence-electron chi connectivity index (χ0n) is 18.8. The fraction of sp³-hybridized carbons (Fsp3) is 0.0667. The van der Waals surface area contributed by atoms with Crippen molar-refractivity contribution in [2.75, 3.05) is 13.2 Å². The van der Waals surface area contributed by atoms with Gasteiger partial charge in [-0.15, -0.1) is 0 Å². The summed E-state index contributed by atoms with van der Waals surface area (Å²) in [5, 5.41) is 0. The van der Waals surface area contributed by atoms with Gasteiger partial charge in [-0.05, 0) is 60.4 Å². The lowest BCUT2D eigenvalue weighted by Gasteiger charge is -2.06. The lowest BCUT2D eigenvalue weighted by molar-refractivity contribution is 0.203. The molecule has 5 nitrogen and oxygen atoms in total. The van der Waals surface area contributed by atoms with Gasteiger partial charge >= 0.3 is 0 Å². The molecule has 172 valence electrons. The van der Waals surface area contributed by atoms with Gasteiger partial charge in [0.15, 0.2) is 0 Å². The number of rotatable bonds is 8. The van der Waals surface area contributed by atoms with Crippen LogP contribution in [-0.4, -0.2) is 13.2 Å². The van der Waals surface area contributed by atoms with Crippen LogP contribution in [0.3, 0.4) is 0 Å². The highest BCUT2D eigenvalue weighted by molar-refractivity contribution is 5.38. The van der Waals surface area contributed by atoms with Crippen molar-refractivity contribution in [2.24, 2.45) is 0 Å². The van der Waals surface area contributed by atoms with Crippen molar-refractivity contribution in [2.45, 2.75) is 0 Å². The van der Waals surface area contributed by atoms with Crippen LogP contribution in [0.25, 0.3) is 0 Å². The monoisotopic (exact) mass is 462 g/mol. The molecule has 0 spiro atoms. The summed E-state index contributed by atoms with van der Waals surface area (Å²) in [5.41, 5.74) is 0. The first-order valence-electron chi connectivity index (χ1n) is 10.9. The van der Waals surface area contributed by atoms with E-state index in [2.05, 4.69) is 24.1 Å². The van der Waals surface area contributed by atoms with E-state index in [-0.39, 0.29) is 13.2 Å². The second-order valence-electron chi connectivity index (χ2n) is 7.03. The number of para-hydroxylation sites is 2. The first-order chi connectivity index (χ1) is 17.3. The molecule has 0 saturated carbocycles. The Kier molecular flexibility index (Phi) is 8.67. The maximum absolute atomic E-state index is 5.78. The van der Waals surface area contributed by atoms with Gasteiger partial charge in [-0.25, -0.2) is 0 Å². The summed E-state index contributed by atoms with van der Waals surface area (Å²) in [6, 6.07) is 33.6. The van der Waals surface area contributed by atoms with Crippen molar-refractivity contribution >= 4 is 0 Å². The summed E-state index contributed by atoms with van der Waals surface area (Å²) in [5.74, 6) is 9.56. The molecule has 0 aliphatic rings. The minimum absolute atomic E-state index is 0.176. The predicted molar refractivity (Wildman–Crippen MR) is 134 cm³/mol. The van der Waals surface area contributed by atoms with E-state index in [4.69, 9.17) is 23.7 Å². The zero-order chi connectivity index (χ0) is 24.0. The van der Waals surface area contributed by atoms with Gasteiger partial charge in [0, 0.05) is 12.1 Å². The van der Waals surface area contributed by atoms with Crippen LogP contribution < -0.4 is 18.9 Å². The van der Waals surface area contributed by atoms with Crippen molar-refractivity contribution in [1.82, 2.24) is 0 Å². The minimum atomic E-state index is 0.176. The molecule has 35 heavy (non-hydrogen) atoms. The topological polar surface area (TPSA) is 46.2 Å². The number of benzene rings is 4. The molecule has 5 heteroatoms. The average molecular weight is 463 g/mol. The molecule has 0 N–H and O–H groups in total. The van der Waals surface area contributed by atoms with Gasteiger partial charge < -0.3 is 23.7 Å². The van der Waals surface area contributed by atoms with Crippen LogP contribution in [0, 0.1) is 24.1 Å². The first kappa shape index (κ1) is 23.3. The third-order valence-corrected chi connectivity index (χ3v) is 4.40. The summed E-state index contributed by atoms with van der Waals surface area (Å²) >= 11 is 0. The molecule has 0 bridgehead atoms. The van der Waals surface area contributed by atoms with Crippen LogP contribution in [0.5, 0.6) is 34.5 Å². The molecule has 0 unspecified atom stereocenters. The molecule has 0 fully saturated rings. The molecule has 4 aromatic carbocycles. The van der Waals surface area contributed by atoms with Crippen LogP contribution in [-0.2, 0) is 4.74 Å². The van der Waals surface area contributed by atoms with E-state index in [9.17, 15) is 0 Å². The fourth-order valence-electron chi connectivity index (χ4n) is 2.85. The lowest BCUT2D eigenvalue weighted by atomic mass is 10.3. The van der Waals surface area contributed by atoms with Gasteiger partial charge in [0.2, 0.25) is 0 Å². The van der Waals surface area contributed by atoms with Crippen molar-refractivity contribution in [3.05, 3.63) is 109 Å². The van der Waals surface area contributed by atoms with E-state index in [1.165, 1.54) is 0 Å². The molecular weight excluding hydrogens is 440 g/mol. The quantitative estimate of drug-likeness (QED) is 0.216. The molecule has 0 amide bonds. The SMILES string of the molecule is C(#COc1cccc(Oc2ccccc2)c1)COCC#COc1cccc(Oc2ccccc2)c1. The highest BCUT2D eigenvalue weighted by atomic mass is 16.5. The molecule has 0 saturated heterocycles. The fourth-order valence-corrected chi connectivity index (χ4v) is 2.85. The van der Waals surface area contributed by atoms with E-state index < -0.39 is 0 Å². The molecule has 0 aromatic heterocycles. The minimum Gasteiger partial charge on any atom is -0.457 e. The normalized spacial score (nSPS) is 9.60. The number of hydrogen-bond donors (Lipinski definition) is 0. The molecule has 0 aliphatic carbocycles. The van der Waals surface area contributed by atoms with Gasteiger partial charge in [0.1, 0.15) is 59.9 Å². The van der Waals surface area contributed by atoms with Gasteiger partial charge in [-0.3, -0.25) is 0 Å². The van der Waals surface area contributed by atoms with E-state index in [0.717, 1.165) is 11.5 Å². The summed E-state index contributed by atoms with van der Waals surface area (Å²) in [7, 11) is 0. The van der Waals surface area contributed by atoms with Gasteiger partial charge in [0.05, 0.1) is 0 Å². The third kappa shape index (κ3) is 8.22. The molecule has 0 heterocycles. The predicted octanol–water partition coefficient (Wildman–Crippen LogP) is 6.67. The average Bonchev–Trinajstić information content (AvgIpc) is 2.89. The highest BCUT2D eigenvalue weighted by Crippen LogP contribution is 2.25. The second-order valence-corrected chi connectivity index (χ2v) is 7.03. The molecule has 0 aliphatic heterocycles. The highest BCUT2D eigenvalue weighted by Gasteiger charge is 2.00. The van der Waals surface area contributed by atoms with Gasteiger partial charge in [-0.2, -0.15) is 0 Å². The Morgan fingerprint density at radius 3 is 1.29 bits per heavy atom. The molecule has 4 aromatic rings. The standard InChI is InChI=1S/C30H22O5/c1-3-11-25(12-4-1)34-29-17-7-15-27(23-29)32-21-9-19-31-20-10-22-33-28-16-8-18-30(24-28)35-26-13-5-2-6-14-26/h1-8,11-18,23-24H,19-20H2. The Balaban J connectivity index is 1.16. The van der Waals surface area contributed by atoms with E-state index in [1.807, 2.05) is 84.9 Å². The van der Waals surface area contributed by atoms with Crippen molar-refractivity contribution in [3.8, 4) is 58.6 Å². The summed E-state index contributed by atoms with van der Waals surface area (Å²) in [6.45, 7) is 0.352. The molecule has 4 rings (SSSR count). The lowest BCUT2D eigenvalue weighted by Crippen LogP contribution is -1.93. The van der Waals surface area contributed by atoms with Crippen LogP contribution in [0.2, 0.25) is 0 Å². The number of ether oxygens (including phenoxy) is 5. The van der Waals surface area contributed by atoms with Crippen LogP contribution in [0.1, 0.15) is 0 Å². The summed E-state index contributed by atoms with van der Waals surface area (Å²) < 4.78 is 27.8. The van der Waals surface area contributed by atoms with E-state index in [0.29, 0.717) is 23.0 Å². The Morgan fingerprint density at radius 2 is 0.829 bits per heavy atom. The molecule has 0 atom stereocenters. The van der Waals surface area contributed by atoms with Crippen molar-refractivity contribution in [3.63, 3.8) is 0 Å². The van der Waals surface area contributed by atoms with Crippen LogP contribution in [0.15, 0.2) is 109 Å². The Morgan fingerprint density at radius 1 is 0.429 bits per heavy atom. The van der Waals surface area contributed by atoms with Gasteiger partial charge in [-0.1, -0.05) is 48.5 Å². The maximum atomic E-state index is 5.78. The van der Waals surface area contributed by atoms with Crippen molar-refractivity contribution < 1.29 is 23.7 Å². The van der Waals surface area contributed by atoms with E-state index >= 15 is 0 Å². The van der Waals surface area contributed by atoms with Crippen molar-refractivity contribution in [1.29, 1.82) is 0 Å². The van der Waals surface area contributed by atoms with Crippen LogP contribution in [0.4, 0.5) is 0 Å². The zero-order valence-corrected chi connectivity index (χ0v) is 18.8.